The van der Waals surface area contributed by atoms with Crippen LogP contribution < -0.4 is 0 Å². The van der Waals surface area contributed by atoms with Gasteiger partial charge in [-0.05, 0) is 51.3 Å². The van der Waals surface area contributed by atoms with Crippen molar-refractivity contribution in [1.82, 2.24) is 9.80 Å². The minimum Gasteiger partial charge on any atom is -0.338 e. The number of alkyl halides is 3. The van der Waals surface area contributed by atoms with Gasteiger partial charge in [-0.3, -0.25) is 9.59 Å². The van der Waals surface area contributed by atoms with Gasteiger partial charge in [0.1, 0.15) is 5.37 Å². The average molecular weight is 414 g/mol. The van der Waals surface area contributed by atoms with Crippen LogP contribution in [-0.4, -0.2) is 46.0 Å². The fraction of sp³-hybridized carbons (Fsp3) is 0.600. The van der Waals surface area contributed by atoms with E-state index < -0.39 is 17.1 Å². The Bertz CT molecular complexity index is 749. The van der Waals surface area contributed by atoms with E-state index in [2.05, 4.69) is 0 Å². The van der Waals surface area contributed by atoms with Crippen LogP contribution in [0, 0.1) is 5.92 Å². The van der Waals surface area contributed by atoms with Crippen molar-refractivity contribution in [3.05, 3.63) is 35.4 Å². The van der Waals surface area contributed by atoms with E-state index in [-0.39, 0.29) is 29.0 Å². The molecule has 154 valence electrons. The number of carbonyl (C=O) groups excluding carboxylic acids is 2. The Balaban J connectivity index is 1.78. The first kappa shape index (κ1) is 21.0. The van der Waals surface area contributed by atoms with Gasteiger partial charge in [-0.15, -0.1) is 11.8 Å². The number of nitrogens with zero attached hydrogens (tertiary/aromatic N) is 2. The summed E-state index contributed by atoms with van der Waals surface area (Å²) in [5.41, 5.74) is -0.257. The van der Waals surface area contributed by atoms with Crippen molar-refractivity contribution in [2.45, 2.75) is 56.5 Å². The topological polar surface area (TPSA) is 40.6 Å². The lowest BCUT2D eigenvalue weighted by Gasteiger charge is -2.31. The summed E-state index contributed by atoms with van der Waals surface area (Å²) in [5.74, 6) is 0.0946. The largest absolute Gasteiger partial charge is 0.416 e. The molecule has 28 heavy (non-hydrogen) atoms. The second-order valence-electron chi connectivity index (χ2n) is 7.69. The van der Waals surface area contributed by atoms with Crippen LogP contribution in [0.3, 0.4) is 0 Å². The van der Waals surface area contributed by atoms with E-state index >= 15 is 0 Å². The van der Waals surface area contributed by atoms with Gasteiger partial charge in [0.05, 0.1) is 10.8 Å². The molecule has 1 aromatic rings. The molecule has 1 saturated heterocycles. The Morgan fingerprint density at radius 1 is 1.32 bits per heavy atom. The van der Waals surface area contributed by atoms with Crippen LogP contribution in [-0.2, 0) is 15.8 Å². The summed E-state index contributed by atoms with van der Waals surface area (Å²) in [6, 6.07) is 5.17. The number of benzene rings is 1. The monoisotopic (exact) mass is 414 g/mol. The molecule has 0 aromatic heterocycles. The number of carbonyl (C=O) groups is 2. The van der Waals surface area contributed by atoms with Crippen molar-refractivity contribution in [3.63, 3.8) is 0 Å². The van der Waals surface area contributed by atoms with E-state index in [9.17, 15) is 22.8 Å². The number of amides is 2. The lowest BCUT2D eigenvalue weighted by Crippen LogP contribution is -2.44. The standard InChI is InChI=1S/C20H25F3N2O2S/c1-12(2)24(18(27)14-7-8-14)9-10-25-17(26)13(3)28-19(25)15-5-4-6-16(11-15)20(21,22)23/h4-6,11-14,19H,7-10H2,1-3H3/t13-,19+/m0/s1. The molecule has 0 unspecified atom stereocenters. The minimum absolute atomic E-state index is 0.0166. The second kappa shape index (κ2) is 7.97. The van der Waals surface area contributed by atoms with Crippen molar-refractivity contribution < 1.29 is 22.8 Å². The van der Waals surface area contributed by atoms with E-state index in [1.54, 1.807) is 22.8 Å². The maximum atomic E-state index is 13.1. The molecular weight excluding hydrogens is 389 g/mol. The number of hydrogen-bond donors (Lipinski definition) is 0. The van der Waals surface area contributed by atoms with Crippen molar-refractivity contribution in [3.8, 4) is 0 Å². The van der Waals surface area contributed by atoms with Crippen molar-refractivity contribution in [1.29, 1.82) is 0 Å². The Hall–Kier alpha value is -1.70. The van der Waals surface area contributed by atoms with Gasteiger partial charge >= 0.3 is 6.18 Å². The molecule has 3 rings (SSSR count). The van der Waals surface area contributed by atoms with Crippen LogP contribution in [0.15, 0.2) is 24.3 Å². The first-order valence-electron chi connectivity index (χ1n) is 9.53. The van der Waals surface area contributed by atoms with E-state index in [0.29, 0.717) is 18.7 Å². The van der Waals surface area contributed by atoms with Crippen LogP contribution in [0.2, 0.25) is 0 Å². The molecule has 0 radical (unpaired) electrons. The zero-order valence-corrected chi connectivity index (χ0v) is 17.0. The lowest BCUT2D eigenvalue weighted by molar-refractivity contribution is -0.138. The molecule has 0 N–H and O–H groups in total. The van der Waals surface area contributed by atoms with E-state index in [0.717, 1.165) is 25.0 Å². The Morgan fingerprint density at radius 3 is 2.57 bits per heavy atom. The van der Waals surface area contributed by atoms with Gasteiger partial charge in [0.25, 0.3) is 0 Å². The maximum absolute atomic E-state index is 13.1. The molecule has 2 fully saturated rings. The highest BCUT2D eigenvalue weighted by Crippen LogP contribution is 2.44. The molecule has 0 spiro atoms. The molecule has 1 aromatic carbocycles. The van der Waals surface area contributed by atoms with Gasteiger partial charge in [-0.1, -0.05) is 12.1 Å². The molecule has 1 aliphatic heterocycles. The SMILES string of the molecule is CC(C)N(CCN1C(=O)[C@H](C)S[C@@H]1c1cccc(C(F)(F)F)c1)C(=O)C1CC1. The maximum Gasteiger partial charge on any atom is 0.416 e. The molecular formula is C20H25F3N2O2S. The predicted molar refractivity (Wildman–Crippen MR) is 103 cm³/mol. The highest BCUT2D eigenvalue weighted by Gasteiger charge is 2.41. The average Bonchev–Trinajstić information content (AvgIpc) is 3.43. The second-order valence-corrected chi connectivity index (χ2v) is 9.11. The summed E-state index contributed by atoms with van der Waals surface area (Å²) in [4.78, 5) is 28.5. The van der Waals surface area contributed by atoms with Gasteiger partial charge < -0.3 is 9.80 Å². The van der Waals surface area contributed by atoms with E-state index in [1.807, 2.05) is 13.8 Å². The summed E-state index contributed by atoms with van der Waals surface area (Å²) in [5, 5.41) is -0.805. The van der Waals surface area contributed by atoms with Crippen LogP contribution in [0.25, 0.3) is 0 Å². The van der Waals surface area contributed by atoms with Crippen molar-refractivity contribution >= 4 is 23.6 Å². The first-order chi connectivity index (χ1) is 13.1. The molecule has 2 amide bonds. The molecule has 1 aliphatic carbocycles. The van der Waals surface area contributed by atoms with Crippen molar-refractivity contribution in [2.75, 3.05) is 13.1 Å². The molecule has 1 heterocycles. The highest BCUT2D eigenvalue weighted by molar-refractivity contribution is 8.01. The van der Waals surface area contributed by atoms with Gasteiger partial charge in [0, 0.05) is 25.0 Å². The third-order valence-corrected chi connectivity index (χ3v) is 6.56. The number of hydrogen-bond acceptors (Lipinski definition) is 3. The van der Waals surface area contributed by atoms with Crippen LogP contribution >= 0.6 is 11.8 Å². The number of thioether (sulfide) groups is 1. The summed E-state index contributed by atoms with van der Waals surface area (Å²) in [6.07, 6.45) is -2.61. The van der Waals surface area contributed by atoms with Gasteiger partial charge in [0.2, 0.25) is 11.8 Å². The van der Waals surface area contributed by atoms with Gasteiger partial charge in [0.15, 0.2) is 0 Å². The van der Waals surface area contributed by atoms with Gasteiger partial charge in [-0.2, -0.15) is 13.2 Å². The third-order valence-electron chi connectivity index (χ3n) is 5.16. The van der Waals surface area contributed by atoms with Crippen LogP contribution in [0.5, 0.6) is 0 Å². The van der Waals surface area contributed by atoms with E-state index in [1.165, 1.54) is 17.8 Å². The minimum atomic E-state index is -4.43. The fourth-order valence-electron chi connectivity index (χ4n) is 3.43. The highest BCUT2D eigenvalue weighted by atomic mass is 32.2. The molecule has 4 nitrogen and oxygen atoms in total. The zero-order chi connectivity index (χ0) is 20.6. The predicted octanol–water partition coefficient (Wildman–Crippen LogP) is 4.31. The Morgan fingerprint density at radius 2 is 2.00 bits per heavy atom. The van der Waals surface area contributed by atoms with E-state index in [4.69, 9.17) is 0 Å². The first-order valence-corrected chi connectivity index (χ1v) is 10.5. The third kappa shape index (κ3) is 4.47. The molecule has 1 saturated carbocycles. The molecule has 8 heteroatoms. The summed E-state index contributed by atoms with van der Waals surface area (Å²) in [6.45, 7) is 6.35. The zero-order valence-electron chi connectivity index (χ0n) is 16.2. The Kier molecular flexibility index (Phi) is 5.98. The fourth-order valence-corrected chi connectivity index (χ4v) is 4.73. The summed E-state index contributed by atoms with van der Waals surface area (Å²) < 4.78 is 39.3. The van der Waals surface area contributed by atoms with Gasteiger partial charge in [-0.25, -0.2) is 0 Å². The molecule has 0 bridgehead atoms. The normalized spacial score (nSPS) is 22.8. The van der Waals surface area contributed by atoms with Crippen LogP contribution in [0.1, 0.15) is 50.1 Å². The quantitative estimate of drug-likeness (QED) is 0.696. The van der Waals surface area contributed by atoms with Crippen molar-refractivity contribution in [2.24, 2.45) is 5.92 Å². The lowest BCUT2D eigenvalue weighted by atomic mass is 10.1. The molecule has 2 atom stereocenters. The summed E-state index contributed by atoms with van der Waals surface area (Å²) in [7, 11) is 0. The number of rotatable bonds is 6. The molecule has 2 aliphatic rings. The van der Waals surface area contributed by atoms with Crippen LogP contribution in [0.4, 0.5) is 13.2 Å². The Labute approximate surface area is 167 Å². The number of halogens is 3. The smallest absolute Gasteiger partial charge is 0.338 e. The summed E-state index contributed by atoms with van der Waals surface area (Å²) >= 11 is 1.35.